The van der Waals surface area contributed by atoms with E-state index in [1.165, 1.54) is 41.3 Å². The van der Waals surface area contributed by atoms with Crippen molar-refractivity contribution in [3.63, 3.8) is 0 Å². The number of carbonyl (C=O) groups excluding carboxylic acids is 2. The number of hydrogen-bond acceptors (Lipinski definition) is 6. The van der Waals surface area contributed by atoms with Crippen molar-refractivity contribution in [1.29, 1.82) is 0 Å². The van der Waals surface area contributed by atoms with Gasteiger partial charge in [0.05, 0.1) is 22.4 Å². The lowest BCUT2D eigenvalue weighted by Gasteiger charge is -2.29. The quantitative estimate of drug-likeness (QED) is 0.389. The molecule has 3 N–H and O–H groups in total. The number of hydrogen-bond donors (Lipinski definition) is 2. The molecule has 0 heterocycles. The Balaban J connectivity index is 1.75. The van der Waals surface area contributed by atoms with Crippen LogP contribution >= 0.6 is 11.6 Å². The van der Waals surface area contributed by atoms with E-state index in [0.717, 1.165) is 5.56 Å². The smallest absolute Gasteiger partial charge is 0.410 e. The molecular formula is C28H31ClN2O6S. The maximum atomic E-state index is 13.0. The number of sulfone groups is 1. The van der Waals surface area contributed by atoms with Crippen molar-refractivity contribution in [3.05, 3.63) is 94.5 Å². The summed E-state index contributed by atoms with van der Waals surface area (Å²) in [4.78, 5) is 25.8. The highest BCUT2D eigenvalue weighted by Gasteiger charge is 2.25. The number of benzene rings is 3. The van der Waals surface area contributed by atoms with Crippen molar-refractivity contribution in [2.24, 2.45) is 5.73 Å². The summed E-state index contributed by atoms with van der Waals surface area (Å²) < 4.78 is 31.6. The van der Waals surface area contributed by atoms with Crippen molar-refractivity contribution < 1.29 is 27.9 Å². The van der Waals surface area contributed by atoms with Crippen LogP contribution in [-0.2, 0) is 21.0 Å². The first-order valence-corrected chi connectivity index (χ1v) is 13.8. The minimum absolute atomic E-state index is 0.0160. The molecule has 10 heteroatoms. The van der Waals surface area contributed by atoms with Gasteiger partial charge in [0.15, 0.2) is 0 Å². The maximum Gasteiger partial charge on any atom is 0.410 e. The van der Waals surface area contributed by atoms with Gasteiger partial charge in [0.25, 0.3) is 0 Å². The third-order valence-corrected chi connectivity index (χ3v) is 7.61. The third-order valence-electron chi connectivity index (χ3n) is 5.61. The molecule has 0 aromatic heterocycles. The average molecular weight is 559 g/mol. The molecule has 0 fully saturated rings. The van der Waals surface area contributed by atoms with Crippen LogP contribution in [0.15, 0.2) is 82.6 Å². The van der Waals surface area contributed by atoms with E-state index in [9.17, 15) is 23.1 Å². The van der Waals surface area contributed by atoms with Gasteiger partial charge in [-0.15, -0.1) is 0 Å². The Labute approximate surface area is 227 Å². The molecule has 38 heavy (non-hydrogen) atoms. The van der Waals surface area contributed by atoms with Gasteiger partial charge >= 0.3 is 6.09 Å². The Morgan fingerprint density at radius 3 is 2.26 bits per heavy atom. The minimum Gasteiger partial charge on any atom is -0.444 e. The van der Waals surface area contributed by atoms with Crippen molar-refractivity contribution in [2.45, 2.75) is 48.7 Å². The predicted octanol–water partition coefficient (Wildman–Crippen LogP) is 4.78. The monoisotopic (exact) mass is 558 g/mol. The number of primary amides is 1. The van der Waals surface area contributed by atoms with Gasteiger partial charge < -0.3 is 20.5 Å². The van der Waals surface area contributed by atoms with Crippen LogP contribution < -0.4 is 5.73 Å². The van der Waals surface area contributed by atoms with E-state index in [1.54, 1.807) is 57.2 Å². The van der Waals surface area contributed by atoms with E-state index in [2.05, 4.69) is 0 Å². The highest BCUT2D eigenvalue weighted by Crippen LogP contribution is 2.23. The van der Waals surface area contributed by atoms with E-state index in [1.807, 2.05) is 0 Å². The summed E-state index contributed by atoms with van der Waals surface area (Å²) in [5.74, 6) is -0.715. The molecule has 0 radical (unpaired) electrons. The van der Waals surface area contributed by atoms with E-state index in [4.69, 9.17) is 22.1 Å². The zero-order chi connectivity index (χ0) is 28.1. The number of carbonyl (C=O) groups is 2. The number of nitrogens with zero attached hydrogens (tertiary/aromatic N) is 1. The van der Waals surface area contributed by atoms with Crippen molar-refractivity contribution in [3.8, 4) is 0 Å². The fourth-order valence-electron chi connectivity index (χ4n) is 3.66. The molecule has 202 valence electrons. The molecule has 3 aromatic rings. The minimum atomic E-state index is -3.86. The van der Waals surface area contributed by atoms with Gasteiger partial charge in [-0.2, -0.15) is 0 Å². The number of aliphatic hydroxyl groups excluding tert-OH is 1. The Bertz CT molecular complexity index is 1400. The van der Waals surface area contributed by atoms with Gasteiger partial charge in [-0.3, -0.25) is 4.79 Å². The van der Waals surface area contributed by atoms with E-state index >= 15 is 0 Å². The topological polar surface area (TPSA) is 127 Å². The van der Waals surface area contributed by atoms with Crippen molar-refractivity contribution in [2.75, 3.05) is 13.1 Å². The summed E-state index contributed by atoms with van der Waals surface area (Å²) in [6.45, 7) is 5.48. The average Bonchev–Trinajstić information content (AvgIpc) is 2.85. The largest absolute Gasteiger partial charge is 0.444 e. The zero-order valence-corrected chi connectivity index (χ0v) is 23.0. The summed E-state index contributed by atoms with van der Waals surface area (Å²) in [6.07, 6.45) is -1.17. The molecule has 0 saturated carbocycles. The molecule has 0 saturated heterocycles. The van der Waals surface area contributed by atoms with Crippen molar-refractivity contribution in [1.82, 2.24) is 4.90 Å². The normalized spacial score (nSPS) is 12.6. The number of halogens is 1. The van der Waals surface area contributed by atoms with Crippen LogP contribution in [0.2, 0.25) is 5.02 Å². The summed E-state index contributed by atoms with van der Waals surface area (Å²) in [5, 5.41) is 11.2. The van der Waals surface area contributed by atoms with Crippen LogP contribution in [0.4, 0.5) is 4.79 Å². The fraction of sp³-hybridized carbons (Fsp3) is 0.286. The predicted molar refractivity (Wildman–Crippen MR) is 145 cm³/mol. The second-order valence-corrected chi connectivity index (χ2v) is 12.2. The molecule has 3 rings (SSSR count). The molecule has 0 bridgehead atoms. The lowest BCUT2D eigenvalue weighted by Crippen LogP contribution is -2.40. The van der Waals surface area contributed by atoms with Gasteiger partial charge in [0, 0.05) is 17.1 Å². The van der Waals surface area contributed by atoms with Gasteiger partial charge in [-0.05, 0) is 80.8 Å². The number of ether oxygens (including phenoxy) is 1. The Morgan fingerprint density at radius 1 is 1.00 bits per heavy atom. The van der Waals surface area contributed by atoms with Gasteiger partial charge in [0.1, 0.15) is 5.60 Å². The summed E-state index contributed by atoms with van der Waals surface area (Å²) >= 11 is 6.04. The molecule has 3 aromatic carbocycles. The van der Waals surface area contributed by atoms with Crippen LogP contribution in [0, 0.1) is 0 Å². The molecular weight excluding hydrogens is 528 g/mol. The first-order chi connectivity index (χ1) is 17.8. The number of amides is 2. The molecule has 2 amide bonds. The SMILES string of the molecule is CC(C)(C)OC(=O)N(CCc1ccc(S(=O)(=O)c2cccc(C(N)=O)c2)cc1)CC(O)c1cccc(Cl)c1. The highest BCUT2D eigenvalue weighted by atomic mass is 35.5. The lowest BCUT2D eigenvalue weighted by atomic mass is 10.1. The molecule has 8 nitrogen and oxygen atoms in total. The number of rotatable bonds is 9. The van der Waals surface area contributed by atoms with Crippen LogP contribution in [0.1, 0.15) is 48.4 Å². The van der Waals surface area contributed by atoms with Crippen molar-refractivity contribution >= 4 is 33.4 Å². The molecule has 1 unspecified atom stereocenters. The molecule has 0 aliphatic heterocycles. The van der Waals surface area contributed by atoms with Gasteiger partial charge in [0.2, 0.25) is 15.7 Å². The zero-order valence-electron chi connectivity index (χ0n) is 21.4. The van der Waals surface area contributed by atoms with E-state index < -0.39 is 33.5 Å². The second kappa shape index (κ2) is 12.0. The molecule has 0 aliphatic carbocycles. The maximum absolute atomic E-state index is 13.0. The molecule has 0 spiro atoms. The Kier molecular flexibility index (Phi) is 9.19. The van der Waals surface area contributed by atoms with Gasteiger partial charge in [-0.1, -0.05) is 41.9 Å². The first-order valence-electron chi connectivity index (χ1n) is 11.9. The fourth-order valence-corrected chi connectivity index (χ4v) is 5.17. The summed E-state index contributed by atoms with van der Waals surface area (Å²) in [7, 11) is -3.86. The number of aliphatic hydroxyl groups is 1. The Morgan fingerprint density at radius 2 is 1.66 bits per heavy atom. The van der Waals surface area contributed by atoms with Gasteiger partial charge in [-0.25, -0.2) is 13.2 Å². The molecule has 1 atom stereocenters. The Hall–Kier alpha value is -3.40. The van der Waals surface area contributed by atoms with Crippen LogP contribution in [0.25, 0.3) is 0 Å². The van der Waals surface area contributed by atoms with E-state index in [-0.39, 0.29) is 28.4 Å². The third kappa shape index (κ3) is 7.80. The summed E-state index contributed by atoms with van der Waals surface area (Å²) in [6, 6.07) is 18.6. The summed E-state index contributed by atoms with van der Waals surface area (Å²) in [5.41, 5.74) is 6.00. The highest BCUT2D eigenvalue weighted by molar-refractivity contribution is 7.91. The van der Waals surface area contributed by atoms with E-state index in [0.29, 0.717) is 17.0 Å². The van der Waals surface area contributed by atoms with Crippen LogP contribution in [0.3, 0.4) is 0 Å². The number of nitrogens with two attached hydrogens (primary N) is 1. The second-order valence-electron chi connectivity index (χ2n) is 9.79. The lowest BCUT2D eigenvalue weighted by molar-refractivity contribution is 0.0147. The molecule has 0 aliphatic rings. The van der Waals surface area contributed by atoms with Crippen LogP contribution in [-0.4, -0.2) is 49.1 Å². The first kappa shape index (κ1) is 29.2. The van der Waals surface area contributed by atoms with Crippen LogP contribution in [0.5, 0.6) is 0 Å². The standard InChI is InChI=1S/C28H31ClN2O6S/c1-28(2,3)37-27(34)31(18-25(32)20-6-4-8-22(29)16-20)15-14-19-10-12-23(13-11-19)38(35,36)24-9-5-7-21(17-24)26(30)33/h4-13,16-17,25,32H,14-15,18H2,1-3H3,(H2,30,33).